The first kappa shape index (κ1) is 16.4. The van der Waals surface area contributed by atoms with Crippen LogP contribution in [0.15, 0.2) is 24.3 Å². The maximum absolute atomic E-state index is 12.9. The number of hydrogen-bond donors (Lipinski definition) is 1. The molecule has 0 aliphatic carbocycles. The summed E-state index contributed by atoms with van der Waals surface area (Å²) < 4.78 is 40.3. The second-order valence-corrected chi connectivity index (χ2v) is 6.40. The topological polar surface area (TPSA) is 59.8 Å². The number of carbonyl (C=O) groups is 1. The Labute approximate surface area is 139 Å². The van der Waals surface area contributed by atoms with Gasteiger partial charge in [0.2, 0.25) is 5.91 Å². The molecule has 126 valence electrons. The number of fused-ring (bicyclic) bond motifs is 1. The number of carbonyl (C=O) groups excluding carboxylic acids is 1. The smallest absolute Gasteiger partial charge is 0.300 e. The first-order valence-corrected chi connectivity index (χ1v) is 7.83. The van der Waals surface area contributed by atoms with E-state index in [9.17, 15) is 18.0 Å². The molecule has 3 rings (SSSR count). The molecule has 0 saturated carbocycles. The Kier molecular flexibility index (Phi) is 4.04. The number of benzene rings is 1. The Morgan fingerprint density at radius 1 is 1.29 bits per heavy atom. The van der Waals surface area contributed by atoms with Crippen molar-refractivity contribution in [2.24, 2.45) is 0 Å². The van der Waals surface area contributed by atoms with Crippen LogP contribution in [-0.4, -0.2) is 20.7 Å². The fourth-order valence-corrected chi connectivity index (χ4v) is 3.25. The highest BCUT2D eigenvalue weighted by molar-refractivity contribution is 7.22. The number of aryl methyl sites for hydroxylation is 2. The SMILES string of the molecule is Cc1ccc2nc(NC(=O)Cn3nc(C)cc3C(F)(F)F)sc2c1. The fraction of sp³-hybridized carbons (Fsp3) is 0.267. The van der Waals surface area contributed by atoms with Crippen LogP contribution in [0.25, 0.3) is 10.2 Å². The van der Waals surface area contributed by atoms with E-state index in [0.29, 0.717) is 9.81 Å². The first-order valence-electron chi connectivity index (χ1n) is 7.01. The molecule has 0 saturated heterocycles. The molecule has 1 aromatic carbocycles. The third kappa shape index (κ3) is 3.40. The van der Waals surface area contributed by atoms with Gasteiger partial charge in [0.25, 0.3) is 0 Å². The molecule has 2 heterocycles. The monoisotopic (exact) mass is 354 g/mol. The summed E-state index contributed by atoms with van der Waals surface area (Å²) in [6.45, 7) is 2.85. The Balaban J connectivity index is 1.78. The van der Waals surface area contributed by atoms with Gasteiger partial charge in [0, 0.05) is 0 Å². The van der Waals surface area contributed by atoms with Gasteiger partial charge in [-0.1, -0.05) is 17.4 Å². The summed E-state index contributed by atoms with van der Waals surface area (Å²) in [5, 5.41) is 6.60. The molecule has 0 radical (unpaired) electrons. The van der Waals surface area contributed by atoms with E-state index >= 15 is 0 Å². The number of aromatic nitrogens is 3. The van der Waals surface area contributed by atoms with Crippen molar-refractivity contribution in [3.05, 3.63) is 41.2 Å². The highest BCUT2D eigenvalue weighted by Crippen LogP contribution is 2.30. The van der Waals surface area contributed by atoms with E-state index in [1.54, 1.807) is 0 Å². The lowest BCUT2D eigenvalue weighted by Gasteiger charge is -2.09. The van der Waals surface area contributed by atoms with Crippen molar-refractivity contribution in [3.63, 3.8) is 0 Å². The summed E-state index contributed by atoms with van der Waals surface area (Å²) in [4.78, 5) is 16.3. The third-order valence-corrected chi connectivity index (χ3v) is 4.21. The molecular weight excluding hydrogens is 341 g/mol. The summed E-state index contributed by atoms with van der Waals surface area (Å²) in [7, 11) is 0. The third-order valence-electron chi connectivity index (χ3n) is 3.28. The zero-order chi connectivity index (χ0) is 17.5. The standard InChI is InChI=1S/C15H13F3N4OS/c1-8-3-4-10-11(5-8)24-14(19-10)20-13(23)7-22-12(15(16,17)18)6-9(2)21-22/h3-6H,7H2,1-2H3,(H,19,20,23). The van der Waals surface area contributed by atoms with E-state index in [4.69, 9.17) is 0 Å². The maximum atomic E-state index is 12.9. The van der Waals surface area contributed by atoms with Crippen molar-refractivity contribution in [3.8, 4) is 0 Å². The van der Waals surface area contributed by atoms with E-state index in [0.717, 1.165) is 21.8 Å². The number of amides is 1. The Morgan fingerprint density at radius 3 is 2.75 bits per heavy atom. The molecule has 1 N–H and O–H groups in total. The van der Waals surface area contributed by atoms with Crippen LogP contribution in [0.1, 0.15) is 17.0 Å². The Morgan fingerprint density at radius 2 is 2.04 bits per heavy atom. The largest absolute Gasteiger partial charge is 0.433 e. The van der Waals surface area contributed by atoms with Gasteiger partial charge >= 0.3 is 6.18 Å². The molecule has 2 aromatic heterocycles. The molecular formula is C15H13F3N4OS. The summed E-state index contributed by atoms with van der Waals surface area (Å²) in [5.41, 5.74) is 1.04. The van der Waals surface area contributed by atoms with E-state index in [-0.39, 0.29) is 5.69 Å². The van der Waals surface area contributed by atoms with Gasteiger partial charge < -0.3 is 5.32 Å². The molecule has 0 atom stereocenters. The van der Waals surface area contributed by atoms with Crippen molar-refractivity contribution in [1.82, 2.24) is 14.8 Å². The van der Waals surface area contributed by atoms with E-state index in [2.05, 4.69) is 15.4 Å². The van der Waals surface area contributed by atoms with Crippen LogP contribution >= 0.6 is 11.3 Å². The molecule has 3 aromatic rings. The molecule has 0 aliphatic heterocycles. The summed E-state index contributed by atoms with van der Waals surface area (Å²) in [6.07, 6.45) is -4.56. The van der Waals surface area contributed by atoms with Gasteiger partial charge in [-0.3, -0.25) is 9.48 Å². The quantitative estimate of drug-likeness (QED) is 0.779. The minimum atomic E-state index is -4.56. The summed E-state index contributed by atoms with van der Waals surface area (Å²) in [5.74, 6) is -0.612. The molecule has 24 heavy (non-hydrogen) atoms. The van der Waals surface area contributed by atoms with Crippen molar-refractivity contribution >= 4 is 32.6 Å². The minimum Gasteiger partial charge on any atom is -0.300 e. The van der Waals surface area contributed by atoms with Gasteiger partial charge in [-0.05, 0) is 37.6 Å². The average Bonchev–Trinajstić information content (AvgIpc) is 3.00. The predicted octanol–water partition coefficient (Wildman–Crippen LogP) is 3.77. The number of halogens is 3. The highest BCUT2D eigenvalue weighted by atomic mass is 32.1. The molecule has 0 spiro atoms. The van der Waals surface area contributed by atoms with E-state index < -0.39 is 24.3 Å². The number of alkyl halides is 3. The molecule has 1 amide bonds. The second kappa shape index (κ2) is 5.90. The normalized spacial score (nSPS) is 11.9. The summed E-state index contributed by atoms with van der Waals surface area (Å²) >= 11 is 1.27. The van der Waals surface area contributed by atoms with Crippen LogP contribution in [0.5, 0.6) is 0 Å². The number of thiazole rings is 1. The molecule has 9 heteroatoms. The van der Waals surface area contributed by atoms with Gasteiger partial charge in [-0.25, -0.2) is 4.98 Å². The van der Waals surface area contributed by atoms with Crippen molar-refractivity contribution < 1.29 is 18.0 Å². The van der Waals surface area contributed by atoms with Crippen LogP contribution in [0.3, 0.4) is 0 Å². The predicted molar refractivity (Wildman–Crippen MR) is 85.0 cm³/mol. The van der Waals surface area contributed by atoms with Gasteiger partial charge in [0.15, 0.2) is 5.13 Å². The van der Waals surface area contributed by atoms with Gasteiger partial charge in [0.1, 0.15) is 12.2 Å². The number of nitrogens with zero attached hydrogens (tertiary/aromatic N) is 3. The number of hydrogen-bond acceptors (Lipinski definition) is 4. The summed E-state index contributed by atoms with van der Waals surface area (Å²) in [6, 6.07) is 6.57. The van der Waals surface area contributed by atoms with E-state index in [1.165, 1.54) is 18.3 Å². The maximum Gasteiger partial charge on any atom is 0.433 e. The zero-order valence-electron chi connectivity index (χ0n) is 12.8. The van der Waals surface area contributed by atoms with Crippen molar-refractivity contribution in [2.45, 2.75) is 26.6 Å². The Bertz CT molecular complexity index is 913. The van der Waals surface area contributed by atoms with Crippen LogP contribution in [0.4, 0.5) is 18.3 Å². The van der Waals surface area contributed by atoms with Gasteiger partial charge in [-0.2, -0.15) is 18.3 Å². The second-order valence-electron chi connectivity index (χ2n) is 5.36. The number of anilines is 1. The zero-order valence-corrected chi connectivity index (χ0v) is 13.6. The Hall–Kier alpha value is -2.42. The van der Waals surface area contributed by atoms with Crippen LogP contribution < -0.4 is 5.32 Å². The number of nitrogens with one attached hydrogen (secondary N) is 1. The molecule has 0 unspecified atom stereocenters. The van der Waals surface area contributed by atoms with Crippen LogP contribution in [-0.2, 0) is 17.5 Å². The fourth-order valence-electron chi connectivity index (χ4n) is 2.27. The van der Waals surface area contributed by atoms with Gasteiger partial charge in [-0.15, -0.1) is 0 Å². The highest BCUT2D eigenvalue weighted by Gasteiger charge is 2.35. The lowest BCUT2D eigenvalue weighted by molar-refractivity contribution is -0.144. The van der Waals surface area contributed by atoms with Gasteiger partial charge in [0.05, 0.1) is 15.9 Å². The molecule has 0 bridgehead atoms. The molecule has 5 nitrogen and oxygen atoms in total. The molecule has 0 aliphatic rings. The first-order chi connectivity index (χ1) is 11.2. The molecule has 0 fully saturated rings. The average molecular weight is 354 g/mol. The van der Waals surface area contributed by atoms with Crippen LogP contribution in [0, 0.1) is 13.8 Å². The lowest BCUT2D eigenvalue weighted by atomic mass is 10.2. The van der Waals surface area contributed by atoms with Crippen molar-refractivity contribution in [2.75, 3.05) is 5.32 Å². The minimum absolute atomic E-state index is 0.200. The van der Waals surface area contributed by atoms with Crippen LogP contribution in [0.2, 0.25) is 0 Å². The number of rotatable bonds is 3. The van der Waals surface area contributed by atoms with E-state index in [1.807, 2.05) is 25.1 Å². The lowest BCUT2D eigenvalue weighted by Crippen LogP contribution is -2.23. The van der Waals surface area contributed by atoms with Crippen molar-refractivity contribution in [1.29, 1.82) is 0 Å².